The van der Waals surface area contributed by atoms with Crippen molar-refractivity contribution in [3.8, 4) is 11.3 Å². The second-order valence-corrected chi connectivity index (χ2v) is 6.11. The molecule has 6 heteroatoms. The molecule has 3 aromatic heterocycles. The number of carbonyl (C=O) groups is 1. The number of aromatic nitrogens is 4. The molecule has 0 bridgehead atoms. The summed E-state index contributed by atoms with van der Waals surface area (Å²) in [7, 11) is 0. The van der Waals surface area contributed by atoms with Gasteiger partial charge in [-0.05, 0) is 18.6 Å². The molecular weight excluding hydrogens is 328 g/mol. The number of rotatable bonds is 4. The van der Waals surface area contributed by atoms with Crippen molar-refractivity contribution in [1.82, 2.24) is 19.6 Å². The van der Waals surface area contributed by atoms with Crippen molar-refractivity contribution in [1.29, 1.82) is 0 Å². The fourth-order valence-electron chi connectivity index (χ4n) is 2.98. The van der Waals surface area contributed by atoms with Crippen LogP contribution in [0.5, 0.6) is 0 Å². The van der Waals surface area contributed by atoms with E-state index in [0.29, 0.717) is 12.1 Å². The molecule has 0 radical (unpaired) electrons. The first kappa shape index (κ1) is 16.0. The lowest BCUT2D eigenvalue weighted by Crippen LogP contribution is -2.04. The zero-order chi connectivity index (χ0) is 18.1. The number of nitrogens with zero attached hydrogens (tertiary/aromatic N) is 4. The third-order valence-corrected chi connectivity index (χ3v) is 4.19. The summed E-state index contributed by atoms with van der Waals surface area (Å²) in [5.41, 5.74) is 5.47. The molecule has 0 aliphatic carbocycles. The van der Waals surface area contributed by atoms with Crippen LogP contribution in [-0.4, -0.2) is 30.7 Å². The Kier molecular flexibility index (Phi) is 3.93. The zero-order valence-electron chi connectivity index (χ0n) is 14.1. The molecule has 3 heterocycles. The molecule has 0 spiro atoms. The molecule has 4 aromatic rings. The first-order valence-electron chi connectivity index (χ1n) is 8.19. The lowest BCUT2D eigenvalue weighted by atomic mass is 10.0. The Morgan fingerprint density at radius 3 is 2.69 bits per heavy atom. The fourth-order valence-corrected chi connectivity index (χ4v) is 2.98. The quantitative estimate of drug-likeness (QED) is 0.614. The summed E-state index contributed by atoms with van der Waals surface area (Å²) < 4.78 is 1.86. The maximum Gasteiger partial charge on any atom is 0.356 e. The van der Waals surface area contributed by atoms with Crippen molar-refractivity contribution in [2.75, 3.05) is 0 Å². The van der Waals surface area contributed by atoms with Crippen molar-refractivity contribution in [3.63, 3.8) is 0 Å². The minimum Gasteiger partial charge on any atom is -0.476 e. The number of carboxylic acid groups (broad SMARTS) is 1. The maximum absolute atomic E-state index is 11.2. The van der Waals surface area contributed by atoms with Gasteiger partial charge < -0.3 is 5.11 Å². The van der Waals surface area contributed by atoms with Crippen LogP contribution in [0.15, 0.2) is 61.1 Å². The van der Waals surface area contributed by atoms with E-state index in [1.165, 1.54) is 6.20 Å². The first-order chi connectivity index (χ1) is 12.6. The zero-order valence-corrected chi connectivity index (χ0v) is 14.1. The van der Waals surface area contributed by atoms with Gasteiger partial charge in [0.15, 0.2) is 5.69 Å². The summed E-state index contributed by atoms with van der Waals surface area (Å²) in [5, 5.41) is 13.9. The van der Waals surface area contributed by atoms with E-state index in [0.717, 1.165) is 27.9 Å². The van der Waals surface area contributed by atoms with Crippen LogP contribution in [0, 0.1) is 6.92 Å². The van der Waals surface area contributed by atoms with Gasteiger partial charge in [-0.2, -0.15) is 5.10 Å². The molecule has 0 fully saturated rings. The topological polar surface area (TPSA) is 80.4 Å². The summed E-state index contributed by atoms with van der Waals surface area (Å²) >= 11 is 0. The number of carboxylic acids is 1. The van der Waals surface area contributed by atoms with Crippen LogP contribution in [0.3, 0.4) is 0 Å². The van der Waals surface area contributed by atoms with Crippen molar-refractivity contribution in [2.45, 2.75) is 13.3 Å². The number of fused-ring (bicyclic) bond motifs is 1. The number of pyridine rings is 1. The average molecular weight is 344 g/mol. The van der Waals surface area contributed by atoms with E-state index in [2.05, 4.69) is 9.97 Å². The van der Waals surface area contributed by atoms with E-state index in [1.807, 2.05) is 60.1 Å². The highest BCUT2D eigenvalue weighted by atomic mass is 16.4. The summed E-state index contributed by atoms with van der Waals surface area (Å²) in [4.78, 5) is 19.4. The number of hydrogen-bond donors (Lipinski definition) is 1. The van der Waals surface area contributed by atoms with Gasteiger partial charge in [0.25, 0.3) is 0 Å². The molecule has 0 saturated heterocycles. The molecular formula is C20H16N4O2. The van der Waals surface area contributed by atoms with E-state index >= 15 is 0 Å². The smallest absolute Gasteiger partial charge is 0.356 e. The average Bonchev–Trinajstić information content (AvgIpc) is 3.00. The Hall–Kier alpha value is -3.54. The Morgan fingerprint density at radius 2 is 1.92 bits per heavy atom. The molecule has 0 aliphatic rings. The molecule has 4 rings (SSSR count). The van der Waals surface area contributed by atoms with E-state index in [4.69, 9.17) is 10.2 Å². The lowest BCUT2D eigenvalue weighted by Gasteiger charge is -2.04. The Balaban J connectivity index is 1.87. The van der Waals surface area contributed by atoms with Crippen LogP contribution in [0.1, 0.15) is 27.3 Å². The second kappa shape index (κ2) is 6.40. The number of aromatic carboxylic acids is 1. The van der Waals surface area contributed by atoms with Crippen molar-refractivity contribution in [3.05, 3.63) is 83.6 Å². The van der Waals surface area contributed by atoms with E-state index < -0.39 is 5.97 Å². The Morgan fingerprint density at radius 1 is 1.12 bits per heavy atom. The minimum absolute atomic E-state index is 0.0592. The van der Waals surface area contributed by atoms with Crippen molar-refractivity contribution >= 4 is 11.5 Å². The Labute approximate surface area is 149 Å². The van der Waals surface area contributed by atoms with Crippen LogP contribution >= 0.6 is 0 Å². The van der Waals surface area contributed by atoms with Gasteiger partial charge in [-0.3, -0.25) is 4.98 Å². The normalized spacial score (nSPS) is 11.0. The molecule has 0 unspecified atom stereocenters. The van der Waals surface area contributed by atoms with Crippen molar-refractivity contribution < 1.29 is 9.90 Å². The second-order valence-electron chi connectivity index (χ2n) is 6.11. The molecule has 1 aromatic carbocycles. The summed E-state index contributed by atoms with van der Waals surface area (Å²) in [5.74, 6) is -1.09. The largest absolute Gasteiger partial charge is 0.476 e. The van der Waals surface area contributed by atoms with Crippen LogP contribution in [0.2, 0.25) is 0 Å². The minimum atomic E-state index is -1.09. The van der Waals surface area contributed by atoms with Crippen LogP contribution in [0.25, 0.3) is 16.8 Å². The molecule has 0 amide bonds. The fraction of sp³-hybridized carbons (Fsp3) is 0.100. The molecule has 128 valence electrons. The molecule has 0 saturated carbocycles. The van der Waals surface area contributed by atoms with Gasteiger partial charge in [0, 0.05) is 29.9 Å². The predicted molar refractivity (Wildman–Crippen MR) is 97.2 cm³/mol. The van der Waals surface area contributed by atoms with Gasteiger partial charge in [-0.1, -0.05) is 36.4 Å². The number of aryl methyl sites for hydroxylation is 1. The SMILES string of the molecule is Cc1ccc2c(Cc3cncc(C(=O)O)n3)c(-c3ccccc3)nn2c1. The highest BCUT2D eigenvalue weighted by molar-refractivity contribution is 5.84. The van der Waals surface area contributed by atoms with Gasteiger partial charge in [-0.15, -0.1) is 0 Å². The van der Waals surface area contributed by atoms with Gasteiger partial charge in [0.05, 0.1) is 23.1 Å². The van der Waals surface area contributed by atoms with E-state index in [9.17, 15) is 4.79 Å². The lowest BCUT2D eigenvalue weighted by molar-refractivity contribution is 0.0689. The third kappa shape index (κ3) is 2.93. The molecule has 0 atom stereocenters. The number of hydrogen-bond acceptors (Lipinski definition) is 4. The Bertz CT molecular complexity index is 1100. The van der Waals surface area contributed by atoms with Crippen molar-refractivity contribution in [2.24, 2.45) is 0 Å². The molecule has 1 N–H and O–H groups in total. The van der Waals surface area contributed by atoms with Crippen LogP contribution in [-0.2, 0) is 6.42 Å². The highest BCUT2D eigenvalue weighted by Gasteiger charge is 2.16. The highest BCUT2D eigenvalue weighted by Crippen LogP contribution is 2.28. The van der Waals surface area contributed by atoms with E-state index in [1.54, 1.807) is 6.20 Å². The van der Waals surface area contributed by atoms with Gasteiger partial charge in [-0.25, -0.2) is 14.3 Å². The standard InChI is InChI=1S/C20H16N4O2/c1-13-7-8-18-16(9-15-10-21-11-17(22-15)20(25)26)19(23-24(18)12-13)14-5-3-2-4-6-14/h2-8,10-12H,9H2,1H3,(H,25,26). The third-order valence-electron chi connectivity index (χ3n) is 4.19. The van der Waals surface area contributed by atoms with Crippen LogP contribution < -0.4 is 0 Å². The molecule has 0 aliphatic heterocycles. The summed E-state index contributed by atoms with van der Waals surface area (Å²) in [6, 6.07) is 14.0. The van der Waals surface area contributed by atoms with Gasteiger partial charge >= 0.3 is 5.97 Å². The number of benzene rings is 1. The summed E-state index contributed by atoms with van der Waals surface area (Å²) in [6.45, 7) is 2.02. The van der Waals surface area contributed by atoms with Gasteiger partial charge in [0.1, 0.15) is 0 Å². The maximum atomic E-state index is 11.2. The van der Waals surface area contributed by atoms with E-state index in [-0.39, 0.29) is 5.69 Å². The van der Waals surface area contributed by atoms with Gasteiger partial charge in [0.2, 0.25) is 0 Å². The van der Waals surface area contributed by atoms with Crippen LogP contribution in [0.4, 0.5) is 0 Å². The monoisotopic (exact) mass is 344 g/mol. The summed E-state index contributed by atoms with van der Waals surface area (Å²) in [6.07, 6.45) is 5.28. The molecule has 26 heavy (non-hydrogen) atoms. The predicted octanol–water partition coefficient (Wildman–Crippen LogP) is 3.39. The molecule has 6 nitrogen and oxygen atoms in total. The first-order valence-corrected chi connectivity index (χ1v) is 8.19.